The quantitative estimate of drug-likeness (QED) is 0.722. The molecule has 0 bridgehead atoms. The Hall–Kier alpha value is -0.830. The molecule has 0 saturated heterocycles. The Morgan fingerprint density at radius 2 is 2.12 bits per heavy atom. The van der Waals surface area contributed by atoms with E-state index in [1.807, 2.05) is 19.1 Å². The van der Waals surface area contributed by atoms with Crippen LogP contribution in [0.1, 0.15) is 16.8 Å². The second kappa shape index (κ2) is 4.13. The number of hydrogen-bond donors (Lipinski definition) is 0. The van der Waals surface area contributed by atoms with Crippen molar-refractivity contribution in [2.24, 2.45) is 0 Å². The predicted octanol–water partition coefficient (Wildman–Crippen LogP) is 3.92. The van der Waals surface area contributed by atoms with E-state index < -0.39 is 0 Å². The minimum absolute atomic E-state index is 0.554. The molecule has 0 atom stereocenters. The maximum absolute atomic E-state index is 6.42. The van der Waals surface area contributed by atoms with Crippen molar-refractivity contribution in [1.82, 2.24) is 4.98 Å². The van der Waals surface area contributed by atoms with Gasteiger partial charge in [-0.25, -0.2) is 0 Å². The number of nitrogens with zero attached hydrogens (tertiary/aromatic N) is 1. The number of pyridine rings is 1. The first kappa shape index (κ1) is 11.3. The van der Waals surface area contributed by atoms with E-state index in [2.05, 4.69) is 4.98 Å². The minimum atomic E-state index is 0.554. The van der Waals surface area contributed by atoms with Crippen LogP contribution in [0.3, 0.4) is 0 Å². The van der Waals surface area contributed by atoms with Gasteiger partial charge in [0.2, 0.25) is 0 Å². The fourth-order valence-corrected chi connectivity index (χ4v) is 2.61. The molecular weight excluding hydrogens is 257 g/mol. The summed E-state index contributed by atoms with van der Waals surface area (Å²) < 4.78 is 5.43. The number of benzene rings is 1. The SMILES string of the molecule is Cc1cc2c(Cl)c3c(nc2cc1Cl)CCOC3. The lowest BCUT2D eigenvalue weighted by Gasteiger charge is -2.18. The molecule has 0 spiro atoms. The van der Waals surface area contributed by atoms with E-state index in [1.54, 1.807) is 0 Å². The number of aryl methyl sites for hydroxylation is 1. The fraction of sp³-hybridized carbons (Fsp3) is 0.308. The van der Waals surface area contributed by atoms with Crippen LogP contribution in [0.2, 0.25) is 10.0 Å². The van der Waals surface area contributed by atoms with Gasteiger partial charge in [0.25, 0.3) is 0 Å². The lowest BCUT2D eigenvalue weighted by atomic mass is 10.0. The summed E-state index contributed by atoms with van der Waals surface area (Å²) in [7, 11) is 0. The van der Waals surface area contributed by atoms with Crippen LogP contribution in [-0.4, -0.2) is 11.6 Å². The average Bonchev–Trinajstić information content (AvgIpc) is 2.32. The number of hydrogen-bond acceptors (Lipinski definition) is 2. The van der Waals surface area contributed by atoms with E-state index in [0.717, 1.165) is 44.2 Å². The summed E-state index contributed by atoms with van der Waals surface area (Å²) in [5, 5.41) is 2.44. The van der Waals surface area contributed by atoms with Crippen molar-refractivity contribution in [3.63, 3.8) is 0 Å². The largest absolute Gasteiger partial charge is 0.376 e. The zero-order valence-electron chi connectivity index (χ0n) is 9.39. The number of fused-ring (bicyclic) bond motifs is 2. The normalized spacial score (nSPS) is 15.0. The third-order valence-corrected chi connectivity index (χ3v) is 3.95. The Morgan fingerprint density at radius 1 is 1.29 bits per heavy atom. The molecule has 1 aromatic carbocycles. The second-order valence-electron chi connectivity index (χ2n) is 4.27. The van der Waals surface area contributed by atoms with Crippen LogP contribution in [-0.2, 0) is 17.8 Å². The molecule has 2 heterocycles. The molecule has 1 aromatic heterocycles. The van der Waals surface area contributed by atoms with E-state index in [1.165, 1.54) is 0 Å². The van der Waals surface area contributed by atoms with Gasteiger partial charge in [-0.3, -0.25) is 4.98 Å². The van der Waals surface area contributed by atoms with E-state index in [-0.39, 0.29) is 0 Å². The Balaban J connectivity index is 2.36. The van der Waals surface area contributed by atoms with Crippen LogP contribution < -0.4 is 0 Å². The maximum Gasteiger partial charge on any atom is 0.0749 e. The molecule has 1 aliphatic heterocycles. The summed E-state index contributed by atoms with van der Waals surface area (Å²) in [6.45, 7) is 3.23. The molecule has 0 unspecified atom stereocenters. The highest BCUT2D eigenvalue weighted by atomic mass is 35.5. The molecule has 2 aromatic rings. The van der Waals surface area contributed by atoms with Crippen molar-refractivity contribution in [3.05, 3.63) is 39.0 Å². The summed E-state index contributed by atoms with van der Waals surface area (Å²) in [6, 6.07) is 3.87. The number of ether oxygens (including phenoxy) is 1. The monoisotopic (exact) mass is 267 g/mol. The van der Waals surface area contributed by atoms with Gasteiger partial charge in [0.15, 0.2) is 0 Å². The first-order valence-corrected chi connectivity index (χ1v) is 6.27. The predicted molar refractivity (Wildman–Crippen MR) is 69.9 cm³/mol. The lowest BCUT2D eigenvalue weighted by molar-refractivity contribution is 0.109. The summed E-state index contributed by atoms with van der Waals surface area (Å²) in [4.78, 5) is 4.63. The molecule has 2 nitrogen and oxygen atoms in total. The lowest BCUT2D eigenvalue weighted by Crippen LogP contribution is -2.12. The topological polar surface area (TPSA) is 22.1 Å². The number of rotatable bonds is 0. The van der Waals surface area contributed by atoms with Gasteiger partial charge in [-0.15, -0.1) is 0 Å². The van der Waals surface area contributed by atoms with Gasteiger partial charge in [0.05, 0.1) is 29.4 Å². The van der Waals surface area contributed by atoms with Crippen LogP contribution >= 0.6 is 23.2 Å². The average molecular weight is 268 g/mol. The molecule has 0 saturated carbocycles. The van der Waals surface area contributed by atoms with Gasteiger partial charge >= 0.3 is 0 Å². The molecular formula is C13H11Cl2NO. The van der Waals surface area contributed by atoms with Crippen LogP contribution in [0.4, 0.5) is 0 Å². The fourth-order valence-electron chi connectivity index (χ4n) is 2.14. The zero-order valence-corrected chi connectivity index (χ0v) is 10.9. The summed E-state index contributed by atoms with van der Waals surface area (Å²) in [6.07, 6.45) is 0.816. The third-order valence-electron chi connectivity index (χ3n) is 3.11. The molecule has 0 radical (unpaired) electrons. The van der Waals surface area contributed by atoms with E-state index >= 15 is 0 Å². The van der Waals surface area contributed by atoms with Gasteiger partial charge in [-0.1, -0.05) is 23.2 Å². The van der Waals surface area contributed by atoms with E-state index in [4.69, 9.17) is 27.9 Å². The summed E-state index contributed by atoms with van der Waals surface area (Å²) >= 11 is 12.5. The minimum Gasteiger partial charge on any atom is -0.376 e. The van der Waals surface area contributed by atoms with Crippen LogP contribution in [0.5, 0.6) is 0 Å². The molecule has 1 aliphatic rings. The van der Waals surface area contributed by atoms with Gasteiger partial charge in [0, 0.05) is 22.4 Å². The number of aromatic nitrogens is 1. The highest BCUT2D eigenvalue weighted by molar-refractivity contribution is 6.37. The van der Waals surface area contributed by atoms with Gasteiger partial charge < -0.3 is 4.74 Å². The maximum atomic E-state index is 6.42. The first-order chi connectivity index (χ1) is 8.16. The zero-order chi connectivity index (χ0) is 12.0. The van der Waals surface area contributed by atoms with Crippen molar-refractivity contribution in [3.8, 4) is 0 Å². The summed E-state index contributed by atoms with van der Waals surface area (Å²) in [5.74, 6) is 0. The van der Waals surface area contributed by atoms with Crippen molar-refractivity contribution in [2.75, 3.05) is 6.61 Å². The first-order valence-electron chi connectivity index (χ1n) is 5.51. The van der Waals surface area contributed by atoms with E-state index in [9.17, 15) is 0 Å². The Kier molecular flexibility index (Phi) is 2.74. The van der Waals surface area contributed by atoms with Gasteiger partial charge in [-0.2, -0.15) is 0 Å². The molecule has 0 amide bonds. The van der Waals surface area contributed by atoms with E-state index in [0.29, 0.717) is 13.2 Å². The molecule has 3 rings (SSSR count). The third kappa shape index (κ3) is 1.81. The van der Waals surface area contributed by atoms with Crippen LogP contribution in [0.25, 0.3) is 10.9 Å². The van der Waals surface area contributed by atoms with Crippen molar-refractivity contribution in [2.45, 2.75) is 20.0 Å². The molecule has 4 heteroatoms. The van der Waals surface area contributed by atoms with Crippen LogP contribution in [0, 0.1) is 6.92 Å². The highest BCUT2D eigenvalue weighted by Crippen LogP contribution is 2.33. The Bertz CT molecular complexity index is 610. The van der Waals surface area contributed by atoms with Crippen molar-refractivity contribution >= 4 is 34.1 Å². The Morgan fingerprint density at radius 3 is 2.94 bits per heavy atom. The molecule has 0 N–H and O–H groups in total. The van der Waals surface area contributed by atoms with Gasteiger partial charge in [-0.05, 0) is 24.6 Å². The standard InChI is InChI=1S/C13H11Cl2NO/c1-7-4-8-12(5-10(7)14)16-11-2-3-17-6-9(11)13(8)15/h4-5H,2-3,6H2,1H3. The molecule has 0 fully saturated rings. The molecule has 88 valence electrons. The molecule has 17 heavy (non-hydrogen) atoms. The van der Waals surface area contributed by atoms with Gasteiger partial charge in [0.1, 0.15) is 0 Å². The van der Waals surface area contributed by atoms with Crippen molar-refractivity contribution < 1.29 is 4.74 Å². The second-order valence-corrected chi connectivity index (χ2v) is 5.06. The number of halogens is 2. The van der Waals surface area contributed by atoms with Crippen LogP contribution in [0.15, 0.2) is 12.1 Å². The van der Waals surface area contributed by atoms with Crippen molar-refractivity contribution in [1.29, 1.82) is 0 Å². The smallest absolute Gasteiger partial charge is 0.0749 e. The Labute approximate surface area is 110 Å². The molecule has 0 aliphatic carbocycles. The highest BCUT2D eigenvalue weighted by Gasteiger charge is 2.17. The summed E-state index contributed by atoms with van der Waals surface area (Å²) in [5.41, 5.74) is 3.94.